The van der Waals surface area contributed by atoms with Crippen LogP contribution in [0.4, 0.5) is 11.8 Å². The van der Waals surface area contributed by atoms with Gasteiger partial charge in [0.1, 0.15) is 5.82 Å². The van der Waals surface area contributed by atoms with Crippen molar-refractivity contribution >= 4 is 35.0 Å². The molecule has 0 atom stereocenters. The number of aromatic nitrogens is 2. The van der Waals surface area contributed by atoms with Crippen LogP contribution in [-0.2, 0) is 4.74 Å². The standard InChI is InChI=1S/C20H22N6O3/c1-13-4-3-5-14(10-13)12-22-25-20-23-17(26-6-8-28-9-7-26)15-11-16(18(27)21-2)29-19(15)24-20/h3-5,10-12H,6-9H2,1-2H3,(H,21,27)(H,23,24,25)/b22-12+. The number of anilines is 2. The molecule has 1 saturated heterocycles. The molecular formula is C20H22N6O3. The highest BCUT2D eigenvalue weighted by atomic mass is 16.5. The summed E-state index contributed by atoms with van der Waals surface area (Å²) in [7, 11) is 1.55. The van der Waals surface area contributed by atoms with E-state index in [0.717, 1.165) is 11.1 Å². The number of furan rings is 1. The van der Waals surface area contributed by atoms with Crippen LogP contribution in [0.3, 0.4) is 0 Å². The first-order valence-corrected chi connectivity index (χ1v) is 9.36. The zero-order chi connectivity index (χ0) is 20.2. The van der Waals surface area contributed by atoms with Crippen molar-refractivity contribution in [3.63, 3.8) is 0 Å². The molecule has 1 fully saturated rings. The second kappa shape index (κ2) is 8.27. The Balaban J connectivity index is 1.67. The lowest BCUT2D eigenvalue weighted by Crippen LogP contribution is -2.37. The van der Waals surface area contributed by atoms with Crippen LogP contribution in [0.1, 0.15) is 21.7 Å². The summed E-state index contributed by atoms with van der Waals surface area (Å²) >= 11 is 0. The molecule has 9 heteroatoms. The van der Waals surface area contributed by atoms with Crippen molar-refractivity contribution in [3.05, 3.63) is 47.2 Å². The third kappa shape index (κ3) is 4.19. The Hall–Kier alpha value is -3.46. The number of hydrazone groups is 1. The van der Waals surface area contributed by atoms with E-state index in [4.69, 9.17) is 9.15 Å². The normalized spacial score (nSPS) is 14.5. The number of carbonyl (C=O) groups is 1. The fraction of sp³-hybridized carbons (Fsp3) is 0.300. The smallest absolute Gasteiger partial charge is 0.286 e. The Morgan fingerprint density at radius 1 is 1.24 bits per heavy atom. The van der Waals surface area contributed by atoms with E-state index in [-0.39, 0.29) is 11.7 Å². The van der Waals surface area contributed by atoms with Crippen molar-refractivity contribution in [2.24, 2.45) is 5.10 Å². The Morgan fingerprint density at radius 3 is 2.83 bits per heavy atom. The minimum atomic E-state index is -0.317. The van der Waals surface area contributed by atoms with E-state index in [0.29, 0.717) is 49.2 Å². The number of hydrogen-bond acceptors (Lipinski definition) is 8. The van der Waals surface area contributed by atoms with E-state index in [1.807, 2.05) is 31.2 Å². The van der Waals surface area contributed by atoms with E-state index in [1.54, 1.807) is 19.3 Å². The van der Waals surface area contributed by atoms with Gasteiger partial charge in [-0.15, -0.1) is 0 Å². The number of ether oxygens (including phenoxy) is 1. The summed E-state index contributed by atoms with van der Waals surface area (Å²) in [5, 5.41) is 7.48. The first kappa shape index (κ1) is 18.9. The fourth-order valence-corrected chi connectivity index (χ4v) is 3.12. The van der Waals surface area contributed by atoms with Gasteiger partial charge in [-0.05, 0) is 12.5 Å². The number of nitrogens with zero attached hydrogens (tertiary/aromatic N) is 4. The number of hydrogen-bond donors (Lipinski definition) is 2. The van der Waals surface area contributed by atoms with Crippen molar-refractivity contribution in [1.82, 2.24) is 15.3 Å². The van der Waals surface area contributed by atoms with E-state index in [1.165, 1.54) is 0 Å². The minimum absolute atomic E-state index is 0.187. The molecule has 2 N–H and O–H groups in total. The Morgan fingerprint density at radius 2 is 2.07 bits per heavy atom. The summed E-state index contributed by atoms with van der Waals surface area (Å²) in [6, 6.07) is 9.65. The van der Waals surface area contributed by atoms with Gasteiger partial charge in [0.05, 0.1) is 24.8 Å². The maximum atomic E-state index is 12.0. The van der Waals surface area contributed by atoms with Crippen molar-refractivity contribution in [2.75, 3.05) is 43.7 Å². The molecule has 0 radical (unpaired) electrons. The van der Waals surface area contributed by atoms with Crippen LogP contribution >= 0.6 is 0 Å². The van der Waals surface area contributed by atoms with Crippen molar-refractivity contribution in [1.29, 1.82) is 0 Å². The molecule has 0 saturated carbocycles. The summed E-state index contributed by atoms with van der Waals surface area (Å²) in [6.07, 6.45) is 1.70. The van der Waals surface area contributed by atoms with Gasteiger partial charge in [0.25, 0.3) is 5.91 Å². The van der Waals surface area contributed by atoms with E-state index >= 15 is 0 Å². The maximum absolute atomic E-state index is 12.0. The Bertz CT molecular complexity index is 1060. The molecule has 150 valence electrons. The van der Waals surface area contributed by atoms with Crippen molar-refractivity contribution in [3.8, 4) is 0 Å². The molecule has 3 aromatic rings. The number of nitrogens with one attached hydrogen (secondary N) is 2. The van der Waals surface area contributed by atoms with Crippen molar-refractivity contribution < 1.29 is 13.9 Å². The van der Waals surface area contributed by atoms with Crippen LogP contribution in [0.15, 0.2) is 39.9 Å². The quantitative estimate of drug-likeness (QED) is 0.505. The van der Waals surface area contributed by atoms with Crippen LogP contribution in [0.5, 0.6) is 0 Å². The van der Waals surface area contributed by atoms with Crippen LogP contribution < -0.4 is 15.6 Å². The summed E-state index contributed by atoms with van der Waals surface area (Å²) in [5.41, 5.74) is 5.31. The van der Waals surface area contributed by atoms with E-state index in [9.17, 15) is 4.79 Å². The topological polar surface area (TPSA) is 105 Å². The first-order chi connectivity index (χ1) is 14.1. The molecule has 29 heavy (non-hydrogen) atoms. The first-order valence-electron chi connectivity index (χ1n) is 9.36. The third-order valence-corrected chi connectivity index (χ3v) is 4.55. The molecule has 0 aliphatic carbocycles. The summed E-state index contributed by atoms with van der Waals surface area (Å²) in [5.74, 6) is 0.848. The second-order valence-electron chi connectivity index (χ2n) is 6.66. The average Bonchev–Trinajstić information content (AvgIpc) is 3.17. The number of aryl methyl sites for hydroxylation is 1. The number of amides is 1. The zero-order valence-corrected chi connectivity index (χ0v) is 16.3. The van der Waals surface area contributed by atoms with Gasteiger partial charge in [-0.2, -0.15) is 15.1 Å². The van der Waals surface area contributed by atoms with Crippen molar-refractivity contribution in [2.45, 2.75) is 6.92 Å². The molecule has 1 aliphatic heterocycles. The molecule has 9 nitrogen and oxygen atoms in total. The van der Waals surface area contributed by atoms with Gasteiger partial charge < -0.3 is 19.4 Å². The fourth-order valence-electron chi connectivity index (χ4n) is 3.12. The van der Waals surface area contributed by atoms with Gasteiger partial charge >= 0.3 is 0 Å². The predicted octanol–water partition coefficient (Wildman–Crippen LogP) is 2.17. The minimum Gasteiger partial charge on any atom is -0.432 e. The molecule has 1 aliphatic rings. The lowest BCUT2D eigenvalue weighted by Gasteiger charge is -2.28. The highest BCUT2D eigenvalue weighted by molar-refractivity contribution is 5.98. The molecule has 4 rings (SSSR count). The number of benzene rings is 1. The molecule has 3 heterocycles. The van der Waals surface area contributed by atoms with Crippen LogP contribution in [-0.4, -0.2) is 55.4 Å². The van der Waals surface area contributed by atoms with Gasteiger partial charge in [0.15, 0.2) is 5.76 Å². The summed E-state index contributed by atoms with van der Waals surface area (Å²) in [6.45, 7) is 4.63. The zero-order valence-electron chi connectivity index (χ0n) is 16.3. The van der Waals surface area contributed by atoms with Crippen LogP contribution in [0.25, 0.3) is 11.1 Å². The SMILES string of the molecule is CNC(=O)c1cc2c(N3CCOCC3)nc(N/N=C/c3cccc(C)c3)nc2o1. The molecule has 1 amide bonds. The van der Waals surface area contributed by atoms with Crippen LogP contribution in [0, 0.1) is 6.92 Å². The Kier molecular flexibility index (Phi) is 5.39. The van der Waals surface area contributed by atoms with Crippen LogP contribution in [0.2, 0.25) is 0 Å². The number of carbonyl (C=O) groups excluding carboxylic acids is 1. The summed E-state index contributed by atoms with van der Waals surface area (Å²) < 4.78 is 11.1. The average molecular weight is 394 g/mol. The highest BCUT2D eigenvalue weighted by Crippen LogP contribution is 2.29. The van der Waals surface area contributed by atoms with Gasteiger partial charge in [0, 0.05) is 26.2 Å². The lowest BCUT2D eigenvalue weighted by molar-refractivity contribution is 0.0937. The lowest BCUT2D eigenvalue weighted by atomic mass is 10.2. The second-order valence-corrected chi connectivity index (χ2v) is 6.66. The molecule has 0 spiro atoms. The predicted molar refractivity (Wildman–Crippen MR) is 111 cm³/mol. The largest absolute Gasteiger partial charge is 0.432 e. The highest BCUT2D eigenvalue weighted by Gasteiger charge is 2.22. The molecular weight excluding hydrogens is 372 g/mol. The Labute approximate surface area is 167 Å². The molecule has 1 aromatic carbocycles. The molecule has 0 unspecified atom stereocenters. The number of morpholine rings is 1. The molecule has 2 aromatic heterocycles. The number of fused-ring (bicyclic) bond motifs is 1. The monoisotopic (exact) mass is 394 g/mol. The summed E-state index contributed by atoms with van der Waals surface area (Å²) in [4.78, 5) is 23.1. The van der Waals surface area contributed by atoms with Gasteiger partial charge in [-0.3, -0.25) is 4.79 Å². The third-order valence-electron chi connectivity index (χ3n) is 4.55. The molecule has 0 bridgehead atoms. The van der Waals surface area contributed by atoms with Gasteiger partial charge in [-0.25, -0.2) is 5.43 Å². The van der Waals surface area contributed by atoms with Gasteiger partial charge in [0.2, 0.25) is 11.7 Å². The van der Waals surface area contributed by atoms with Gasteiger partial charge in [-0.1, -0.05) is 29.8 Å². The maximum Gasteiger partial charge on any atom is 0.286 e. The van der Waals surface area contributed by atoms with E-state index in [2.05, 4.69) is 30.7 Å². The van der Waals surface area contributed by atoms with E-state index < -0.39 is 0 Å². The number of rotatable bonds is 5.